The number of carbonyl (C=O) groups is 2. The highest BCUT2D eigenvalue weighted by Crippen LogP contribution is 2.05. The summed E-state index contributed by atoms with van der Waals surface area (Å²) in [4.78, 5) is 25.9. The number of urea groups is 1. The molecule has 1 saturated heterocycles. The number of nitrogens with zero attached hydrogens (tertiary/aromatic N) is 2. The van der Waals surface area contributed by atoms with E-state index in [1.807, 2.05) is 6.92 Å². The summed E-state index contributed by atoms with van der Waals surface area (Å²) in [5.41, 5.74) is 0. The highest BCUT2D eigenvalue weighted by Gasteiger charge is 2.22. The van der Waals surface area contributed by atoms with Crippen molar-refractivity contribution in [3.05, 3.63) is 0 Å². The maximum absolute atomic E-state index is 12.1. The van der Waals surface area contributed by atoms with Gasteiger partial charge in [-0.3, -0.25) is 4.79 Å². The summed E-state index contributed by atoms with van der Waals surface area (Å²) in [6.45, 7) is 4.53. The lowest BCUT2D eigenvalue weighted by molar-refractivity contribution is -0.137. The van der Waals surface area contributed by atoms with E-state index in [2.05, 4.69) is 0 Å². The first-order valence-electron chi connectivity index (χ1n) is 5.98. The van der Waals surface area contributed by atoms with Gasteiger partial charge in [0, 0.05) is 26.2 Å². The van der Waals surface area contributed by atoms with E-state index >= 15 is 0 Å². The molecule has 0 spiro atoms. The molecule has 0 aromatic carbocycles. The molecular formula is C11H20N2O4. The smallest absolute Gasteiger partial charge is 0.323 e. The molecule has 0 bridgehead atoms. The topological polar surface area (TPSA) is 70.1 Å². The summed E-state index contributed by atoms with van der Waals surface area (Å²) in [7, 11) is 0. The molecule has 1 heterocycles. The van der Waals surface area contributed by atoms with Crippen LogP contribution in [0.15, 0.2) is 0 Å². The zero-order valence-corrected chi connectivity index (χ0v) is 10.2. The molecule has 0 aromatic rings. The summed E-state index contributed by atoms with van der Waals surface area (Å²) < 4.78 is 5.27. The van der Waals surface area contributed by atoms with Gasteiger partial charge in [-0.05, 0) is 12.8 Å². The lowest BCUT2D eigenvalue weighted by atomic mass is 10.3. The maximum atomic E-state index is 12.1. The third-order valence-corrected chi connectivity index (χ3v) is 2.58. The van der Waals surface area contributed by atoms with Gasteiger partial charge >= 0.3 is 12.0 Å². The van der Waals surface area contributed by atoms with E-state index in [-0.39, 0.29) is 12.6 Å². The Morgan fingerprint density at radius 1 is 1.35 bits per heavy atom. The number of aliphatic carboxylic acids is 1. The van der Waals surface area contributed by atoms with Crippen molar-refractivity contribution in [1.29, 1.82) is 0 Å². The SMILES string of the molecule is CCCN(CC(=O)O)C(=O)N1CCCOCC1. The van der Waals surface area contributed by atoms with Gasteiger partial charge in [-0.15, -0.1) is 0 Å². The van der Waals surface area contributed by atoms with E-state index < -0.39 is 5.97 Å². The molecule has 1 aliphatic heterocycles. The van der Waals surface area contributed by atoms with Gasteiger partial charge in [0.25, 0.3) is 0 Å². The molecular weight excluding hydrogens is 224 g/mol. The zero-order chi connectivity index (χ0) is 12.7. The Balaban J connectivity index is 2.57. The van der Waals surface area contributed by atoms with E-state index in [0.717, 1.165) is 12.8 Å². The third kappa shape index (κ3) is 4.60. The molecule has 2 amide bonds. The number of carbonyl (C=O) groups excluding carboxylic acids is 1. The first kappa shape index (κ1) is 13.8. The van der Waals surface area contributed by atoms with E-state index in [0.29, 0.717) is 32.8 Å². The molecule has 17 heavy (non-hydrogen) atoms. The number of carboxylic acids is 1. The Morgan fingerprint density at radius 3 is 2.76 bits per heavy atom. The molecule has 0 unspecified atom stereocenters. The second kappa shape index (κ2) is 7.11. The molecule has 0 aliphatic carbocycles. The van der Waals surface area contributed by atoms with Gasteiger partial charge in [0.1, 0.15) is 6.54 Å². The normalized spacial score (nSPS) is 16.4. The Labute approximate surface area is 101 Å². The fourth-order valence-electron chi connectivity index (χ4n) is 1.81. The van der Waals surface area contributed by atoms with Crippen LogP contribution < -0.4 is 0 Å². The number of hydrogen-bond acceptors (Lipinski definition) is 3. The van der Waals surface area contributed by atoms with Crippen LogP contribution in [0, 0.1) is 0 Å². The standard InChI is InChI=1S/C11H20N2O4/c1-2-4-13(9-10(14)15)11(16)12-5-3-7-17-8-6-12/h2-9H2,1H3,(H,14,15). The quantitative estimate of drug-likeness (QED) is 0.787. The van der Waals surface area contributed by atoms with E-state index in [4.69, 9.17) is 9.84 Å². The average Bonchev–Trinajstić information content (AvgIpc) is 2.55. The largest absolute Gasteiger partial charge is 0.480 e. The number of rotatable bonds is 4. The van der Waals surface area contributed by atoms with E-state index in [1.165, 1.54) is 4.90 Å². The van der Waals surface area contributed by atoms with Gasteiger partial charge in [-0.2, -0.15) is 0 Å². The minimum absolute atomic E-state index is 0.195. The highest BCUT2D eigenvalue weighted by molar-refractivity contribution is 5.80. The van der Waals surface area contributed by atoms with Crippen molar-refractivity contribution in [3.8, 4) is 0 Å². The first-order valence-corrected chi connectivity index (χ1v) is 5.98. The van der Waals surface area contributed by atoms with Crippen molar-refractivity contribution in [3.63, 3.8) is 0 Å². The number of hydrogen-bond donors (Lipinski definition) is 1. The minimum atomic E-state index is -0.974. The molecule has 6 heteroatoms. The van der Waals surface area contributed by atoms with Crippen LogP contribution >= 0.6 is 0 Å². The van der Waals surface area contributed by atoms with Crippen LogP contribution in [-0.4, -0.2) is 66.3 Å². The predicted octanol–water partition coefficient (Wildman–Crippen LogP) is 0.625. The van der Waals surface area contributed by atoms with E-state index in [9.17, 15) is 9.59 Å². The lowest BCUT2D eigenvalue weighted by Gasteiger charge is -2.28. The molecule has 1 rings (SSSR count). The summed E-state index contributed by atoms with van der Waals surface area (Å²) in [6.07, 6.45) is 1.56. The summed E-state index contributed by atoms with van der Waals surface area (Å²) in [5, 5.41) is 8.78. The Morgan fingerprint density at radius 2 is 2.12 bits per heavy atom. The molecule has 0 radical (unpaired) electrons. The predicted molar refractivity (Wildman–Crippen MR) is 61.9 cm³/mol. The lowest BCUT2D eigenvalue weighted by Crippen LogP contribution is -2.46. The molecule has 6 nitrogen and oxygen atoms in total. The van der Waals surface area contributed by atoms with Gasteiger partial charge in [0.15, 0.2) is 0 Å². The van der Waals surface area contributed by atoms with Crippen molar-refractivity contribution < 1.29 is 19.4 Å². The van der Waals surface area contributed by atoms with Crippen LogP contribution in [0.25, 0.3) is 0 Å². The van der Waals surface area contributed by atoms with Crippen LogP contribution in [0.3, 0.4) is 0 Å². The Bertz CT molecular complexity index is 262. The monoisotopic (exact) mass is 244 g/mol. The molecule has 0 atom stereocenters. The fourth-order valence-corrected chi connectivity index (χ4v) is 1.81. The van der Waals surface area contributed by atoms with Crippen LogP contribution in [-0.2, 0) is 9.53 Å². The molecule has 1 fully saturated rings. The van der Waals surface area contributed by atoms with Crippen LogP contribution in [0.5, 0.6) is 0 Å². The van der Waals surface area contributed by atoms with Crippen molar-refractivity contribution >= 4 is 12.0 Å². The fraction of sp³-hybridized carbons (Fsp3) is 0.818. The molecule has 98 valence electrons. The van der Waals surface area contributed by atoms with Gasteiger partial charge in [-0.1, -0.05) is 6.92 Å². The maximum Gasteiger partial charge on any atom is 0.323 e. The summed E-state index contributed by atoms with van der Waals surface area (Å²) >= 11 is 0. The van der Waals surface area contributed by atoms with Crippen LogP contribution in [0.1, 0.15) is 19.8 Å². The summed E-state index contributed by atoms with van der Waals surface area (Å²) in [6, 6.07) is -0.195. The number of amides is 2. The summed E-state index contributed by atoms with van der Waals surface area (Å²) in [5.74, 6) is -0.974. The third-order valence-electron chi connectivity index (χ3n) is 2.58. The van der Waals surface area contributed by atoms with Gasteiger partial charge < -0.3 is 19.6 Å². The van der Waals surface area contributed by atoms with Gasteiger partial charge in [0.05, 0.1) is 6.61 Å². The molecule has 1 aliphatic rings. The number of carboxylic acid groups (broad SMARTS) is 1. The van der Waals surface area contributed by atoms with Crippen molar-refractivity contribution in [2.24, 2.45) is 0 Å². The van der Waals surface area contributed by atoms with Crippen LogP contribution in [0.2, 0.25) is 0 Å². The number of ether oxygens (including phenoxy) is 1. The van der Waals surface area contributed by atoms with Crippen molar-refractivity contribution in [1.82, 2.24) is 9.80 Å². The van der Waals surface area contributed by atoms with Gasteiger partial charge in [-0.25, -0.2) is 4.79 Å². The molecule has 0 saturated carbocycles. The molecule has 0 aromatic heterocycles. The van der Waals surface area contributed by atoms with Crippen molar-refractivity contribution in [2.45, 2.75) is 19.8 Å². The van der Waals surface area contributed by atoms with Crippen molar-refractivity contribution in [2.75, 3.05) is 39.4 Å². The van der Waals surface area contributed by atoms with E-state index in [1.54, 1.807) is 4.90 Å². The zero-order valence-electron chi connectivity index (χ0n) is 10.2. The molecule has 1 N–H and O–H groups in total. The second-order valence-electron chi connectivity index (χ2n) is 4.05. The second-order valence-corrected chi connectivity index (χ2v) is 4.05. The highest BCUT2D eigenvalue weighted by atomic mass is 16.5. The minimum Gasteiger partial charge on any atom is -0.480 e. The Kier molecular flexibility index (Phi) is 5.76. The average molecular weight is 244 g/mol. The first-order chi connectivity index (χ1) is 8.15. The van der Waals surface area contributed by atoms with Crippen LogP contribution in [0.4, 0.5) is 4.79 Å². The Hall–Kier alpha value is -1.30. The van der Waals surface area contributed by atoms with Gasteiger partial charge in [0.2, 0.25) is 0 Å².